The molecule has 2 N–H and O–H groups in total. The van der Waals surface area contributed by atoms with Gasteiger partial charge in [0.05, 0.1) is 12.1 Å². The molecule has 0 radical (unpaired) electrons. The molecule has 7 heteroatoms. The lowest BCUT2D eigenvalue weighted by atomic mass is 10.0. The van der Waals surface area contributed by atoms with Gasteiger partial charge in [0.25, 0.3) is 0 Å². The van der Waals surface area contributed by atoms with E-state index in [9.17, 15) is 0 Å². The second-order valence-electron chi connectivity index (χ2n) is 5.73. The van der Waals surface area contributed by atoms with E-state index in [1.54, 1.807) is 4.68 Å². The molecule has 1 aliphatic heterocycles. The third-order valence-corrected chi connectivity index (χ3v) is 4.43. The molecule has 0 saturated carbocycles. The van der Waals surface area contributed by atoms with E-state index in [0.717, 1.165) is 46.6 Å². The number of ether oxygens (including phenoxy) is 1. The second-order valence-corrected chi connectivity index (χ2v) is 6.65. The number of benzene rings is 1. The van der Waals surface area contributed by atoms with Gasteiger partial charge in [0.15, 0.2) is 5.82 Å². The first kappa shape index (κ1) is 14.5. The zero-order valence-electron chi connectivity index (χ0n) is 12.1. The molecule has 21 heavy (non-hydrogen) atoms. The van der Waals surface area contributed by atoms with Crippen molar-refractivity contribution in [2.45, 2.75) is 38.8 Å². The average Bonchev–Trinajstić information content (AvgIpc) is 3.04. The van der Waals surface area contributed by atoms with Crippen LogP contribution in [0.25, 0.3) is 11.4 Å². The number of aromatic nitrogens is 4. The quantitative estimate of drug-likeness (QED) is 0.859. The molecule has 1 fully saturated rings. The van der Waals surface area contributed by atoms with Crippen molar-refractivity contribution in [2.75, 3.05) is 12.3 Å². The fourth-order valence-corrected chi connectivity index (χ4v) is 3.19. The van der Waals surface area contributed by atoms with Gasteiger partial charge in [-0.05, 0) is 54.8 Å². The predicted molar refractivity (Wildman–Crippen MR) is 83.7 cm³/mol. The van der Waals surface area contributed by atoms with Crippen molar-refractivity contribution >= 4 is 21.6 Å². The summed E-state index contributed by atoms with van der Waals surface area (Å²) in [5, 5.41) is 12.1. The topological polar surface area (TPSA) is 78.9 Å². The second kappa shape index (κ2) is 5.38. The Bertz CT molecular complexity index is 663. The van der Waals surface area contributed by atoms with Gasteiger partial charge in [-0.1, -0.05) is 15.9 Å². The number of rotatable bonds is 3. The fourth-order valence-electron chi connectivity index (χ4n) is 2.71. The van der Waals surface area contributed by atoms with Crippen LogP contribution in [0, 0.1) is 6.92 Å². The third kappa shape index (κ3) is 2.80. The minimum Gasteiger partial charge on any atom is -0.398 e. The number of nitrogen functional groups attached to an aromatic ring is 1. The van der Waals surface area contributed by atoms with Crippen molar-refractivity contribution in [1.82, 2.24) is 20.2 Å². The highest BCUT2D eigenvalue weighted by molar-refractivity contribution is 9.10. The average molecular weight is 352 g/mol. The first-order valence-electron chi connectivity index (χ1n) is 6.95. The predicted octanol–water partition coefficient (Wildman–Crippen LogP) is 2.56. The van der Waals surface area contributed by atoms with Crippen molar-refractivity contribution in [3.05, 3.63) is 22.2 Å². The van der Waals surface area contributed by atoms with Gasteiger partial charge < -0.3 is 10.5 Å². The van der Waals surface area contributed by atoms with E-state index in [1.165, 1.54) is 0 Å². The van der Waals surface area contributed by atoms with Crippen LogP contribution in [0.5, 0.6) is 0 Å². The summed E-state index contributed by atoms with van der Waals surface area (Å²) in [5.74, 6) is 0.720. The number of hydrogen-bond acceptors (Lipinski definition) is 5. The van der Waals surface area contributed by atoms with Crippen LogP contribution in [0.2, 0.25) is 0 Å². The Morgan fingerprint density at radius 1 is 1.48 bits per heavy atom. The smallest absolute Gasteiger partial charge is 0.182 e. The molecule has 1 aromatic carbocycles. The van der Waals surface area contributed by atoms with E-state index in [0.29, 0.717) is 6.54 Å². The van der Waals surface area contributed by atoms with E-state index >= 15 is 0 Å². The molecule has 3 rings (SSSR count). The molecule has 2 heterocycles. The fraction of sp³-hybridized carbons (Fsp3) is 0.500. The molecule has 6 nitrogen and oxygen atoms in total. The molecule has 112 valence electrons. The Balaban J connectivity index is 1.99. The van der Waals surface area contributed by atoms with Gasteiger partial charge in [-0.25, -0.2) is 4.68 Å². The van der Waals surface area contributed by atoms with Crippen LogP contribution in [-0.2, 0) is 11.3 Å². The van der Waals surface area contributed by atoms with E-state index in [1.807, 2.05) is 19.1 Å². The van der Waals surface area contributed by atoms with Gasteiger partial charge >= 0.3 is 0 Å². The molecule has 1 aliphatic rings. The van der Waals surface area contributed by atoms with Crippen LogP contribution < -0.4 is 5.73 Å². The molecule has 1 unspecified atom stereocenters. The lowest BCUT2D eigenvalue weighted by molar-refractivity contribution is 0.00355. The summed E-state index contributed by atoms with van der Waals surface area (Å²) in [6.45, 7) is 5.52. The molecule has 0 spiro atoms. The lowest BCUT2D eigenvalue weighted by Gasteiger charge is -2.23. The van der Waals surface area contributed by atoms with E-state index in [2.05, 4.69) is 38.4 Å². The third-order valence-electron chi connectivity index (χ3n) is 3.97. The standard InChI is InChI=1S/C14H18BrN5O/c1-9-11(6-10(15)7-12(9)16)13-17-18-19-20(13)8-14(2)4-3-5-21-14/h6-7H,3-5,8,16H2,1-2H3. The SMILES string of the molecule is Cc1c(N)cc(Br)cc1-c1nnnn1CC1(C)CCCO1. The van der Waals surface area contributed by atoms with Gasteiger partial charge in [-0.15, -0.1) is 5.10 Å². The number of halogens is 1. The van der Waals surface area contributed by atoms with E-state index < -0.39 is 0 Å². The highest BCUT2D eigenvalue weighted by atomic mass is 79.9. The summed E-state index contributed by atoms with van der Waals surface area (Å²) in [5.41, 5.74) is 8.47. The molecule has 0 bridgehead atoms. The summed E-state index contributed by atoms with van der Waals surface area (Å²) in [6.07, 6.45) is 2.10. The lowest BCUT2D eigenvalue weighted by Crippen LogP contribution is -2.30. The maximum Gasteiger partial charge on any atom is 0.182 e. The zero-order valence-corrected chi connectivity index (χ0v) is 13.7. The van der Waals surface area contributed by atoms with Crippen LogP contribution in [0.1, 0.15) is 25.3 Å². The van der Waals surface area contributed by atoms with Crippen molar-refractivity contribution in [3.8, 4) is 11.4 Å². The normalized spacial score (nSPS) is 21.9. The summed E-state index contributed by atoms with van der Waals surface area (Å²) >= 11 is 3.47. The Morgan fingerprint density at radius 2 is 2.29 bits per heavy atom. The summed E-state index contributed by atoms with van der Waals surface area (Å²) in [6, 6.07) is 3.88. The summed E-state index contributed by atoms with van der Waals surface area (Å²) in [7, 11) is 0. The number of nitrogens with zero attached hydrogens (tertiary/aromatic N) is 4. The molecular formula is C14H18BrN5O. The molecular weight excluding hydrogens is 334 g/mol. The van der Waals surface area contributed by atoms with E-state index in [4.69, 9.17) is 10.5 Å². The van der Waals surface area contributed by atoms with Crippen LogP contribution in [0.3, 0.4) is 0 Å². The van der Waals surface area contributed by atoms with Gasteiger partial charge in [0.2, 0.25) is 0 Å². The Kier molecular flexibility index (Phi) is 3.71. The molecule has 2 aromatic rings. The largest absolute Gasteiger partial charge is 0.398 e. The number of hydrogen-bond donors (Lipinski definition) is 1. The van der Waals surface area contributed by atoms with Gasteiger partial charge in [0.1, 0.15) is 0 Å². The highest BCUT2D eigenvalue weighted by Gasteiger charge is 2.32. The highest BCUT2D eigenvalue weighted by Crippen LogP contribution is 2.32. The zero-order chi connectivity index (χ0) is 15.0. The van der Waals surface area contributed by atoms with Crippen LogP contribution >= 0.6 is 15.9 Å². The minimum atomic E-state index is -0.199. The summed E-state index contributed by atoms with van der Waals surface area (Å²) in [4.78, 5) is 0. The van der Waals surface area contributed by atoms with Gasteiger partial charge in [0, 0.05) is 22.3 Å². The van der Waals surface area contributed by atoms with Crippen molar-refractivity contribution in [1.29, 1.82) is 0 Å². The van der Waals surface area contributed by atoms with Gasteiger partial charge in [-0.3, -0.25) is 0 Å². The van der Waals surface area contributed by atoms with Crippen LogP contribution in [0.4, 0.5) is 5.69 Å². The van der Waals surface area contributed by atoms with Crippen LogP contribution in [-0.4, -0.2) is 32.4 Å². The maximum absolute atomic E-state index is 6.03. The van der Waals surface area contributed by atoms with E-state index in [-0.39, 0.29) is 5.60 Å². The Labute approximate surface area is 131 Å². The first-order chi connectivity index (χ1) is 9.98. The minimum absolute atomic E-state index is 0.199. The monoisotopic (exact) mass is 351 g/mol. The maximum atomic E-state index is 6.03. The molecule has 1 saturated heterocycles. The summed E-state index contributed by atoms with van der Waals surface area (Å²) < 4.78 is 8.55. The first-order valence-corrected chi connectivity index (χ1v) is 7.74. The van der Waals surface area contributed by atoms with Crippen molar-refractivity contribution < 1.29 is 4.74 Å². The number of tetrazole rings is 1. The molecule has 0 amide bonds. The number of anilines is 1. The van der Waals surface area contributed by atoms with Crippen molar-refractivity contribution in [2.24, 2.45) is 0 Å². The van der Waals surface area contributed by atoms with Gasteiger partial charge in [-0.2, -0.15) is 0 Å². The molecule has 1 aromatic heterocycles. The Hall–Kier alpha value is -1.47. The van der Waals surface area contributed by atoms with Crippen LogP contribution in [0.15, 0.2) is 16.6 Å². The number of nitrogens with two attached hydrogens (primary N) is 1. The van der Waals surface area contributed by atoms with Crippen molar-refractivity contribution in [3.63, 3.8) is 0 Å². The Morgan fingerprint density at radius 3 is 3.00 bits per heavy atom. The molecule has 1 atom stereocenters. The molecule has 0 aliphatic carbocycles.